The molecule has 0 saturated heterocycles. The number of nitrogens with zero attached hydrogens (tertiary/aromatic N) is 4. The van der Waals surface area contributed by atoms with Gasteiger partial charge in [0.2, 0.25) is 0 Å². The number of nitrogens with one attached hydrogen (secondary N) is 1. The number of carbonyl (C=O) groups is 1. The van der Waals surface area contributed by atoms with E-state index in [4.69, 9.17) is 16.0 Å². The van der Waals surface area contributed by atoms with E-state index in [-0.39, 0.29) is 11.7 Å². The highest BCUT2D eigenvalue weighted by Gasteiger charge is 2.24. The fraction of sp³-hybridized carbons (Fsp3) is 0.304. The SMILES string of the molecule is O=C(CSc1nnc(-c2ccc(Cl)cc2)n1C1CCCCC1)NN=CC=Cc1ccco1. The van der Waals surface area contributed by atoms with Crippen LogP contribution in [0, 0.1) is 0 Å². The minimum atomic E-state index is -0.205. The van der Waals surface area contributed by atoms with Crippen molar-refractivity contribution in [2.24, 2.45) is 5.10 Å². The molecule has 166 valence electrons. The third-order valence-electron chi connectivity index (χ3n) is 5.19. The molecule has 2 heterocycles. The Hall–Kier alpha value is -2.84. The summed E-state index contributed by atoms with van der Waals surface area (Å²) >= 11 is 7.43. The summed E-state index contributed by atoms with van der Waals surface area (Å²) in [5, 5.41) is 14.2. The Morgan fingerprint density at radius 2 is 2.03 bits per heavy atom. The molecule has 0 unspecified atom stereocenters. The lowest BCUT2D eigenvalue weighted by Crippen LogP contribution is -2.20. The number of furan rings is 1. The van der Waals surface area contributed by atoms with E-state index in [1.807, 2.05) is 30.3 Å². The lowest BCUT2D eigenvalue weighted by molar-refractivity contribution is -0.118. The van der Waals surface area contributed by atoms with Crippen molar-refractivity contribution in [2.45, 2.75) is 43.3 Å². The smallest absolute Gasteiger partial charge is 0.250 e. The molecule has 1 aromatic carbocycles. The van der Waals surface area contributed by atoms with Crippen LogP contribution in [0.1, 0.15) is 43.9 Å². The van der Waals surface area contributed by atoms with Crippen molar-refractivity contribution in [3.8, 4) is 11.4 Å². The average molecular weight is 470 g/mol. The van der Waals surface area contributed by atoms with Gasteiger partial charge in [-0.2, -0.15) is 5.10 Å². The molecule has 1 saturated carbocycles. The van der Waals surface area contributed by atoms with Gasteiger partial charge in [-0.25, -0.2) is 5.43 Å². The third-order valence-corrected chi connectivity index (χ3v) is 6.39. The largest absolute Gasteiger partial charge is 0.465 e. The minimum Gasteiger partial charge on any atom is -0.465 e. The maximum Gasteiger partial charge on any atom is 0.250 e. The van der Waals surface area contributed by atoms with Crippen LogP contribution >= 0.6 is 23.4 Å². The maximum absolute atomic E-state index is 12.2. The molecule has 32 heavy (non-hydrogen) atoms. The first-order chi connectivity index (χ1) is 15.7. The number of amides is 1. The van der Waals surface area contributed by atoms with Gasteiger partial charge in [0.15, 0.2) is 11.0 Å². The summed E-state index contributed by atoms with van der Waals surface area (Å²) in [5.41, 5.74) is 3.50. The van der Waals surface area contributed by atoms with Crippen molar-refractivity contribution in [1.29, 1.82) is 0 Å². The fourth-order valence-corrected chi connectivity index (χ4v) is 4.60. The van der Waals surface area contributed by atoms with Crippen LogP contribution in [0.4, 0.5) is 0 Å². The van der Waals surface area contributed by atoms with E-state index in [9.17, 15) is 4.79 Å². The van der Waals surface area contributed by atoms with Crippen LogP contribution in [0.2, 0.25) is 5.02 Å². The quantitative estimate of drug-likeness (QED) is 0.263. The summed E-state index contributed by atoms with van der Waals surface area (Å²) in [7, 11) is 0. The molecule has 1 aliphatic rings. The van der Waals surface area contributed by atoms with Crippen molar-refractivity contribution in [3.05, 3.63) is 59.5 Å². The van der Waals surface area contributed by atoms with E-state index in [2.05, 4.69) is 25.3 Å². The number of allylic oxidation sites excluding steroid dienone is 1. The van der Waals surface area contributed by atoms with Crippen LogP contribution in [-0.2, 0) is 4.79 Å². The Morgan fingerprint density at radius 3 is 2.78 bits per heavy atom. The first-order valence-electron chi connectivity index (χ1n) is 10.6. The summed E-state index contributed by atoms with van der Waals surface area (Å²) in [4.78, 5) is 12.2. The van der Waals surface area contributed by atoms with Gasteiger partial charge in [-0.05, 0) is 61.4 Å². The van der Waals surface area contributed by atoms with Gasteiger partial charge in [0, 0.05) is 22.8 Å². The van der Waals surface area contributed by atoms with Crippen molar-refractivity contribution >= 4 is 41.6 Å². The highest BCUT2D eigenvalue weighted by atomic mass is 35.5. The first kappa shape index (κ1) is 22.4. The van der Waals surface area contributed by atoms with Gasteiger partial charge in [0.05, 0.1) is 12.0 Å². The number of rotatable bonds is 8. The van der Waals surface area contributed by atoms with E-state index in [0.29, 0.717) is 11.1 Å². The number of hydrogen-bond acceptors (Lipinski definition) is 6. The van der Waals surface area contributed by atoms with Crippen LogP contribution < -0.4 is 5.43 Å². The highest BCUT2D eigenvalue weighted by Crippen LogP contribution is 2.35. The fourth-order valence-electron chi connectivity index (χ4n) is 3.68. The Bertz CT molecular complexity index is 1070. The molecule has 1 fully saturated rings. The molecule has 7 nitrogen and oxygen atoms in total. The highest BCUT2D eigenvalue weighted by molar-refractivity contribution is 7.99. The summed E-state index contributed by atoms with van der Waals surface area (Å²) in [6.45, 7) is 0. The number of aromatic nitrogens is 3. The van der Waals surface area contributed by atoms with E-state index in [1.54, 1.807) is 24.5 Å². The Balaban J connectivity index is 1.41. The number of hydrazone groups is 1. The molecule has 1 N–H and O–H groups in total. The second kappa shape index (κ2) is 11.2. The van der Waals surface area contributed by atoms with Gasteiger partial charge < -0.3 is 4.42 Å². The second-order valence-corrected chi connectivity index (χ2v) is 8.83. The summed E-state index contributed by atoms with van der Waals surface area (Å²) in [6, 6.07) is 11.6. The van der Waals surface area contributed by atoms with Crippen LogP contribution in [0.3, 0.4) is 0 Å². The zero-order chi connectivity index (χ0) is 22.2. The second-order valence-electron chi connectivity index (χ2n) is 7.45. The van der Waals surface area contributed by atoms with E-state index < -0.39 is 0 Å². The van der Waals surface area contributed by atoms with Gasteiger partial charge >= 0.3 is 0 Å². The van der Waals surface area contributed by atoms with Gasteiger partial charge in [0.1, 0.15) is 5.76 Å². The monoisotopic (exact) mass is 469 g/mol. The van der Waals surface area contributed by atoms with Crippen molar-refractivity contribution in [2.75, 3.05) is 5.75 Å². The van der Waals surface area contributed by atoms with Crippen LogP contribution in [0.15, 0.2) is 63.4 Å². The first-order valence-corrected chi connectivity index (χ1v) is 11.9. The topological polar surface area (TPSA) is 85.3 Å². The molecule has 0 atom stereocenters. The maximum atomic E-state index is 12.2. The molecule has 0 aliphatic heterocycles. The zero-order valence-corrected chi connectivity index (χ0v) is 19.1. The van der Waals surface area contributed by atoms with Gasteiger partial charge in [-0.1, -0.05) is 42.6 Å². The number of halogens is 1. The molecular weight excluding hydrogens is 446 g/mol. The predicted molar refractivity (Wildman–Crippen MR) is 128 cm³/mol. The molecule has 9 heteroatoms. The Kier molecular flexibility index (Phi) is 7.79. The van der Waals surface area contributed by atoms with Crippen molar-refractivity contribution < 1.29 is 9.21 Å². The van der Waals surface area contributed by atoms with Crippen LogP contribution in [-0.4, -0.2) is 32.6 Å². The summed E-state index contributed by atoms with van der Waals surface area (Å²) < 4.78 is 7.38. The number of carbonyl (C=O) groups excluding carboxylic acids is 1. The van der Waals surface area contributed by atoms with Gasteiger partial charge in [-0.15, -0.1) is 10.2 Å². The van der Waals surface area contributed by atoms with Gasteiger partial charge in [-0.3, -0.25) is 9.36 Å². The molecule has 3 aromatic rings. The third kappa shape index (κ3) is 5.89. The number of thioether (sulfide) groups is 1. The average Bonchev–Trinajstić information content (AvgIpc) is 3.48. The van der Waals surface area contributed by atoms with Crippen molar-refractivity contribution in [3.63, 3.8) is 0 Å². The molecule has 4 rings (SSSR count). The summed E-state index contributed by atoms with van der Waals surface area (Å²) in [5.74, 6) is 1.53. The lowest BCUT2D eigenvalue weighted by Gasteiger charge is -2.25. The summed E-state index contributed by atoms with van der Waals surface area (Å²) in [6.07, 6.45) is 12.4. The molecule has 0 radical (unpaired) electrons. The lowest BCUT2D eigenvalue weighted by atomic mass is 9.95. The van der Waals surface area contributed by atoms with E-state index in [1.165, 1.54) is 37.2 Å². The van der Waals surface area contributed by atoms with Crippen LogP contribution in [0.5, 0.6) is 0 Å². The zero-order valence-electron chi connectivity index (χ0n) is 17.5. The minimum absolute atomic E-state index is 0.199. The Labute approximate surface area is 195 Å². The van der Waals surface area contributed by atoms with Crippen molar-refractivity contribution in [1.82, 2.24) is 20.2 Å². The van der Waals surface area contributed by atoms with Gasteiger partial charge in [0.25, 0.3) is 5.91 Å². The Morgan fingerprint density at radius 1 is 1.22 bits per heavy atom. The molecule has 1 aliphatic carbocycles. The molecule has 0 spiro atoms. The molecular formula is C23H24ClN5O2S. The van der Waals surface area contributed by atoms with E-state index in [0.717, 1.165) is 35.1 Å². The van der Waals surface area contributed by atoms with Crippen LogP contribution in [0.25, 0.3) is 17.5 Å². The molecule has 2 aromatic heterocycles. The molecule has 0 bridgehead atoms. The predicted octanol–water partition coefficient (Wildman–Crippen LogP) is 5.60. The molecule has 1 amide bonds. The van der Waals surface area contributed by atoms with E-state index >= 15 is 0 Å². The normalized spacial score (nSPS) is 15.0. The number of benzene rings is 1. The number of hydrogen-bond donors (Lipinski definition) is 1. The standard InChI is InChI=1S/C23H24ClN5O2S/c24-18-12-10-17(11-13-18)22-27-28-23(29(22)19-6-2-1-3-7-19)32-16-21(30)26-25-14-4-8-20-9-5-15-31-20/h4-5,8-15,19H,1-3,6-7,16H2,(H,26,30).